The van der Waals surface area contributed by atoms with Gasteiger partial charge in [0.15, 0.2) is 0 Å². The number of aromatic amines is 1. The fourth-order valence-corrected chi connectivity index (χ4v) is 2.14. The number of H-pyrrole nitrogens is 1. The van der Waals surface area contributed by atoms with Gasteiger partial charge in [0.2, 0.25) is 5.91 Å². The Labute approximate surface area is 108 Å². The molecule has 0 aromatic carbocycles. The van der Waals surface area contributed by atoms with Crippen LogP contribution in [0.25, 0.3) is 0 Å². The van der Waals surface area contributed by atoms with Crippen molar-refractivity contribution in [3.63, 3.8) is 0 Å². The van der Waals surface area contributed by atoms with Crippen LogP contribution in [0.1, 0.15) is 23.8 Å². The van der Waals surface area contributed by atoms with Crippen LogP contribution in [0.2, 0.25) is 0 Å². The third-order valence-corrected chi connectivity index (χ3v) is 3.99. The Morgan fingerprint density at radius 1 is 1.41 bits per heavy atom. The second-order valence-corrected chi connectivity index (χ2v) is 5.69. The molecule has 0 aliphatic heterocycles. The number of nitrogens with one attached hydrogen (secondary N) is 3. The Bertz CT molecular complexity index is 458. The van der Waals surface area contributed by atoms with E-state index in [1.807, 2.05) is 0 Å². The summed E-state index contributed by atoms with van der Waals surface area (Å²) in [5.74, 6) is -0.829. The molecule has 7 heteroatoms. The molecule has 1 aliphatic rings. The summed E-state index contributed by atoms with van der Waals surface area (Å²) in [6.45, 7) is 1.64. The molecule has 0 radical (unpaired) electrons. The molecule has 1 atom stereocenters. The summed E-state index contributed by atoms with van der Waals surface area (Å²) in [5.41, 5.74) is 4.09. The van der Waals surface area contributed by atoms with Crippen LogP contribution in [-0.2, 0) is 4.79 Å². The maximum absolute atomic E-state index is 11.7. The van der Waals surface area contributed by atoms with Gasteiger partial charge < -0.3 is 4.98 Å². The number of hydrazine groups is 1. The molecule has 2 amide bonds. The Morgan fingerprint density at radius 3 is 2.53 bits per heavy atom. The highest BCUT2D eigenvalue weighted by Gasteiger charge is 2.68. The number of halogens is 2. The number of hydrogen-bond acceptors (Lipinski definition) is 2. The zero-order valence-corrected chi connectivity index (χ0v) is 10.5. The maximum Gasteiger partial charge on any atom is 0.286 e. The molecule has 1 aromatic rings. The minimum Gasteiger partial charge on any atom is -0.357 e. The number of rotatable bonds is 2. The van der Waals surface area contributed by atoms with Crippen LogP contribution in [0.5, 0.6) is 0 Å². The normalized spacial score (nSPS) is 25.1. The van der Waals surface area contributed by atoms with Gasteiger partial charge in [-0.25, -0.2) is 0 Å². The van der Waals surface area contributed by atoms with E-state index in [4.69, 9.17) is 23.2 Å². The highest BCUT2D eigenvalue weighted by atomic mass is 35.5. The number of alkyl halides is 2. The monoisotopic (exact) mass is 275 g/mol. The lowest BCUT2D eigenvalue weighted by Gasteiger charge is -2.12. The summed E-state index contributed by atoms with van der Waals surface area (Å²) >= 11 is 11.7. The number of amides is 2. The molecule has 1 saturated carbocycles. The number of carbonyl (C=O) groups excluding carboxylic acids is 2. The van der Waals surface area contributed by atoms with Crippen molar-refractivity contribution in [3.8, 4) is 0 Å². The summed E-state index contributed by atoms with van der Waals surface area (Å²) in [4.78, 5) is 25.9. The summed E-state index contributed by atoms with van der Waals surface area (Å²) < 4.78 is -1.05. The lowest BCUT2D eigenvalue weighted by molar-refractivity contribution is -0.126. The van der Waals surface area contributed by atoms with E-state index in [0.29, 0.717) is 12.1 Å². The molecular weight excluding hydrogens is 265 g/mol. The Morgan fingerprint density at radius 2 is 2.06 bits per heavy atom. The van der Waals surface area contributed by atoms with Gasteiger partial charge in [-0.15, -0.1) is 23.2 Å². The average Bonchev–Trinajstić information content (AvgIpc) is 2.73. The fraction of sp³-hybridized carbons (Fsp3) is 0.400. The van der Waals surface area contributed by atoms with Crippen molar-refractivity contribution < 1.29 is 9.59 Å². The van der Waals surface area contributed by atoms with Crippen molar-refractivity contribution >= 4 is 35.0 Å². The minimum absolute atomic E-state index is 0.356. The molecule has 1 heterocycles. The lowest BCUT2D eigenvalue weighted by atomic mass is 10.1. The second kappa shape index (κ2) is 3.92. The van der Waals surface area contributed by atoms with Crippen LogP contribution < -0.4 is 10.9 Å². The molecule has 1 unspecified atom stereocenters. The molecule has 1 aromatic heterocycles. The van der Waals surface area contributed by atoms with E-state index in [2.05, 4.69) is 15.8 Å². The molecule has 1 aliphatic carbocycles. The molecular formula is C10H11Cl2N3O2. The highest BCUT2D eigenvalue weighted by Crippen LogP contribution is 2.63. The highest BCUT2D eigenvalue weighted by molar-refractivity contribution is 6.53. The smallest absolute Gasteiger partial charge is 0.286 e. The predicted octanol–water partition coefficient (Wildman–Crippen LogP) is 1.36. The average molecular weight is 276 g/mol. The molecule has 1 fully saturated rings. The van der Waals surface area contributed by atoms with E-state index >= 15 is 0 Å². The molecule has 17 heavy (non-hydrogen) atoms. The molecule has 0 spiro atoms. The van der Waals surface area contributed by atoms with Crippen molar-refractivity contribution in [1.82, 2.24) is 15.8 Å². The van der Waals surface area contributed by atoms with Crippen LogP contribution in [0.3, 0.4) is 0 Å². The first-order valence-electron chi connectivity index (χ1n) is 4.99. The van der Waals surface area contributed by atoms with Gasteiger partial charge in [-0.05, 0) is 25.5 Å². The Hall–Kier alpha value is -1.20. The molecule has 2 rings (SSSR count). The SMILES string of the molecule is CC1(C(=O)NNC(=O)c2ccc[nH]2)CC1(Cl)Cl. The first-order chi connectivity index (χ1) is 7.87. The van der Waals surface area contributed by atoms with E-state index in [1.165, 1.54) is 0 Å². The molecule has 3 N–H and O–H groups in total. The van der Waals surface area contributed by atoms with Gasteiger partial charge in [0.1, 0.15) is 10.0 Å². The van der Waals surface area contributed by atoms with Gasteiger partial charge in [-0.2, -0.15) is 0 Å². The van der Waals surface area contributed by atoms with Crippen LogP contribution in [0, 0.1) is 5.41 Å². The second-order valence-electron chi connectivity index (χ2n) is 4.21. The number of aromatic nitrogens is 1. The van der Waals surface area contributed by atoms with E-state index < -0.39 is 21.6 Å². The number of carbonyl (C=O) groups is 2. The van der Waals surface area contributed by atoms with E-state index in [9.17, 15) is 9.59 Å². The fourth-order valence-electron chi connectivity index (χ4n) is 1.44. The van der Waals surface area contributed by atoms with Gasteiger partial charge in [0, 0.05) is 6.20 Å². The maximum atomic E-state index is 11.7. The zero-order valence-electron chi connectivity index (χ0n) is 9.01. The largest absolute Gasteiger partial charge is 0.357 e. The quantitative estimate of drug-likeness (QED) is 0.563. The molecule has 92 valence electrons. The van der Waals surface area contributed by atoms with Crippen LogP contribution >= 0.6 is 23.2 Å². The molecule has 0 bridgehead atoms. The Balaban J connectivity index is 1.88. The van der Waals surface area contributed by atoms with E-state index in [1.54, 1.807) is 25.3 Å². The standard InChI is InChI=1S/C10H11Cl2N3O2/c1-9(5-10(9,11)12)8(17)15-14-7(16)6-3-2-4-13-6/h2-4,13H,5H2,1H3,(H,14,16)(H,15,17). The zero-order chi connectivity index (χ0) is 12.7. The molecule has 5 nitrogen and oxygen atoms in total. The van der Waals surface area contributed by atoms with Crippen LogP contribution in [0.15, 0.2) is 18.3 Å². The van der Waals surface area contributed by atoms with E-state index in [-0.39, 0.29) is 0 Å². The summed E-state index contributed by atoms with van der Waals surface area (Å²) in [6.07, 6.45) is 1.98. The lowest BCUT2D eigenvalue weighted by Crippen LogP contribution is -2.45. The third-order valence-electron chi connectivity index (χ3n) is 2.89. The van der Waals surface area contributed by atoms with Crippen molar-refractivity contribution in [3.05, 3.63) is 24.0 Å². The van der Waals surface area contributed by atoms with Gasteiger partial charge in [-0.3, -0.25) is 20.4 Å². The first kappa shape index (κ1) is 12.3. The molecule has 0 saturated heterocycles. The summed E-state index contributed by atoms with van der Waals surface area (Å²) in [6, 6.07) is 3.27. The van der Waals surface area contributed by atoms with Gasteiger partial charge in [0.05, 0.1) is 5.41 Å². The number of hydrogen-bond donors (Lipinski definition) is 3. The summed E-state index contributed by atoms with van der Waals surface area (Å²) in [7, 11) is 0. The summed E-state index contributed by atoms with van der Waals surface area (Å²) in [5, 5.41) is 0. The van der Waals surface area contributed by atoms with Crippen LogP contribution in [0.4, 0.5) is 0 Å². The van der Waals surface area contributed by atoms with Crippen molar-refractivity contribution in [2.75, 3.05) is 0 Å². The van der Waals surface area contributed by atoms with Gasteiger partial charge >= 0.3 is 0 Å². The Kier molecular flexibility index (Phi) is 2.83. The van der Waals surface area contributed by atoms with Crippen molar-refractivity contribution in [2.45, 2.75) is 17.7 Å². The topological polar surface area (TPSA) is 74.0 Å². The van der Waals surface area contributed by atoms with Gasteiger partial charge in [0.25, 0.3) is 5.91 Å². The van der Waals surface area contributed by atoms with Crippen LogP contribution in [-0.4, -0.2) is 21.1 Å². The van der Waals surface area contributed by atoms with E-state index in [0.717, 1.165) is 0 Å². The third kappa shape index (κ3) is 2.12. The minimum atomic E-state index is -1.05. The van der Waals surface area contributed by atoms with Gasteiger partial charge in [-0.1, -0.05) is 0 Å². The van der Waals surface area contributed by atoms with Crippen molar-refractivity contribution in [2.24, 2.45) is 5.41 Å². The predicted molar refractivity (Wildman–Crippen MR) is 63.6 cm³/mol. The van der Waals surface area contributed by atoms with Crippen molar-refractivity contribution in [1.29, 1.82) is 0 Å². The first-order valence-corrected chi connectivity index (χ1v) is 5.74.